The van der Waals surface area contributed by atoms with Gasteiger partial charge in [0.1, 0.15) is 5.76 Å². The third-order valence-electron chi connectivity index (χ3n) is 4.10. The molecule has 1 atom stereocenters. The lowest BCUT2D eigenvalue weighted by Crippen LogP contribution is -2.27. The van der Waals surface area contributed by atoms with Gasteiger partial charge >= 0.3 is 0 Å². The maximum Gasteiger partial charge on any atom is 0.234 e. The van der Waals surface area contributed by atoms with Crippen molar-refractivity contribution in [2.75, 3.05) is 11.9 Å². The molecule has 0 aliphatic heterocycles. The van der Waals surface area contributed by atoms with E-state index in [-0.39, 0.29) is 17.9 Å². The molecule has 1 aromatic carbocycles. The molecule has 3 rings (SSSR count). The second kappa shape index (κ2) is 8.89. The van der Waals surface area contributed by atoms with Gasteiger partial charge in [-0.15, -0.1) is 11.8 Å². The van der Waals surface area contributed by atoms with Crippen LogP contribution >= 0.6 is 23.1 Å². The number of carbonyl (C=O) groups excluding carboxylic acids is 1. The van der Waals surface area contributed by atoms with Crippen LogP contribution in [0.5, 0.6) is 0 Å². The van der Waals surface area contributed by atoms with Crippen molar-refractivity contribution < 1.29 is 9.21 Å². The molecule has 2 heterocycles. The first-order valence-electron chi connectivity index (χ1n) is 8.96. The van der Waals surface area contributed by atoms with Crippen LogP contribution < -0.4 is 11.1 Å². The molecule has 1 amide bonds. The van der Waals surface area contributed by atoms with Crippen LogP contribution in [0.1, 0.15) is 43.9 Å². The minimum Gasteiger partial charge on any atom is -0.444 e. The van der Waals surface area contributed by atoms with Gasteiger partial charge in [-0.3, -0.25) is 4.79 Å². The first kappa shape index (κ1) is 20.6. The average Bonchev–Trinajstić information content (AvgIpc) is 3.30. The van der Waals surface area contributed by atoms with E-state index in [2.05, 4.69) is 36.1 Å². The molecule has 0 spiro atoms. The number of thiazole rings is 1. The first-order valence-corrected chi connectivity index (χ1v) is 10.8. The summed E-state index contributed by atoms with van der Waals surface area (Å²) in [5.74, 6) is 1.61. The standard InChI is InChI=1S/C20H24N4O2S2/c1-20(2,3)15-10-22-16(26-15)12-27-17-11-23-19(28-17)24-18(25)14(9-21)13-7-5-4-6-8-13/h4-8,10-11,14H,9,12,21H2,1-3H3,(H,23,24,25). The molecule has 3 aromatic rings. The minimum atomic E-state index is -0.399. The van der Waals surface area contributed by atoms with Crippen molar-refractivity contribution in [3.63, 3.8) is 0 Å². The second-order valence-corrected chi connectivity index (χ2v) is 9.64. The Kier molecular flexibility index (Phi) is 6.53. The van der Waals surface area contributed by atoms with Crippen LogP contribution in [-0.2, 0) is 16.0 Å². The predicted molar refractivity (Wildman–Crippen MR) is 114 cm³/mol. The fraction of sp³-hybridized carbons (Fsp3) is 0.350. The Labute approximate surface area is 173 Å². The Morgan fingerprint density at radius 3 is 2.64 bits per heavy atom. The van der Waals surface area contributed by atoms with Gasteiger partial charge in [-0.1, -0.05) is 62.4 Å². The zero-order valence-electron chi connectivity index (χ0n) is 16.1. The number of oxazole rings is 1. The number of aromatic nitrogens is 2. The Hall–Kier alpha value is -2.16. The lowest BCUT2D eigenvalue weighted by molar-refractivity contribution is -0.117. The van der Waals surface area contributed by atoms with Gasteiger partial charge < -0.3 is 15.5 Å². The van der Waals surface area contributed by atoms with Gasteiger partial charge in [-0.2, -0.15) is 0 Å². The van der Waals surface area contributed by atoms with Gasteiger partial charge in [-0.25, -0.2) is 9.97 Å². The molecule has 6 nitrogen and oxygen atoms in total. The highest BCUT2D eigenvalue weighted by Crippen LogP contribution is 2.32. The monoisotopic (exact) mass is 416 g/mol. The molecule has 0 saturated carbocycles. The lowest BCUT2D eigenvalue weighted by Gasteiger charge is -2.13. The van der Waals surface area contributed by atoms with Crippen LogP contribution in [0.4, 0.5) is 5.13 Å². The van der Waals surface area contributed by atoms with E-state index in [0.29, 0.717) is 16.8 Å². The Morgan fingerprint density at radius 2 is 2.00 bits per heavy atom. The first-order chi connectivity index (χ1) is 13.4. The summed E-state index contributed by atoms with van der Waals surface area (Å²) in [5, 5.41) is 3.43. The van der Waals surface area contributed by atoms with Gasteiger partial charge in [0.15, 0.2) is 5.13 Å². The number of anilines is 1. The van der Waals surface area contributed by atoms with Crippen molar-refractivity contribution in [1.82, 2.24) is 9.97 Å². The van der Waals surface area contributed by atoms with Crippen molar-refractivity contribution in [1.29, 1.82) is 0 Å². The summed E-state index contributed by atoms with van der Waals surface area (Å²) in [6, 6.07) is 9.52. The maximum absolute atomic E-state index is 12.6. The number of hydrogen-bond donors (Lipinski definition) is 2. The Balaban J connectivity index is 1.58. The molecule has 3 N–H and O–H groups in total. The van der Waals surface area contributed by atoms with E-state index in [9.17, 15) is 4.79 Å². The summed E-state index contributed by atoms with van der Waals surface area (Å²) in [4.78, 5) is 21.2. The largest absolute Gasteiger partial charge is 0.444 e. The predicted octanol–water partition coefficient (Wildman–Crippen LogP) is 4.40. The quantitative estimate of drug-likeness (QED) is 0.554. The van der Waals surface area contributed by atoms with Crippen LogP contribution in [0.3, 0.4) is 0 Å². The van der Waals surface area contributed by atoms with Crippen molar-refractivity contribution in [2.24, 2.45) is 5.73 Å². The van der Waals surface area contributed by atoms with Gasteiger partial charge in [0.2, 0.25) is 11.8 Å². The lowest BCUT2D eigenvalue weighted by atomic mass is 9.94. The molecule has 0 fully saturated rings. The molecule has 28 heavy (non-hydrogen) atoms. The summed E-state index contributed by atoms with van der Waals surface area (Å²) in [7, 11) is 0. The number of carbonyl (C=O) groups is 1. The maximum atomic E-state index is 12.6. The van der Waals surface area contributed by atoms with Gasteiger partial charge in [0.05, 0.1) is 28.3 Å². The molecule has 2 aromatic heterocycles. The summed E-state index contributed by atoms with van der Waals surface area (Å²) >= 11 is 3.01. The van der Waals surface area contributed by atoms with E-state index < -0.39 is 5.92 Å². The highest BCUT2D eigenvalue weighted by Gasteiger charge is 2.21. The van der Waals surface area contributed by atoms with E-state index in [1.54, 1.807) is 24.2 Å². The van der Waals surface area contributed by atoms with E-state index in [4.69, 9.17) is 10.2 Å². The fourth-order valence-corrected chi connectivity index (χ4v) is 4.24. The van der Waals surface area contributed by atoms with Gasteiger partial charge in [0.25, 0.3) is 0 Å². The third-order valence-corrected chi connectivity index (χ3v) is 6.19. The van der Waals surface area contributed by atoms with Crippen LogP contribution in [0, 0.1) is 0 Å². The molecule has 8 heteroatoms. The summed E-state index contributed by atoms with van der Waals surface area (Å²) < 4.78 is 6.79. The number of nitrogens with one attached hydrogen (secondary N) is 1. The minimum absolute atomic E-state index is 0.0594. The van der Waals surface area contributed by atoms with Crippen molar-refractivity contribution in [2.45, 2.75) is 42.1 Å². The molecule has 0 aliphatic rings. The summed E-state index contributed by atoms with van der Waals surface area (Å²) in [6.45, 7) is 6.51. The fourth-order valence-electron chi connectivity index (χ4n) is 2.51. The number of rotatable bonds is 7. The molecule has 1 unspecified atom stereocenters. The number of hydrogen-bond acceptors (Lipinski definition) is 7. The Morgan fingerprint density at radius 1 is 1.25 bits per heavy atom. The highest BCUT2D eigenvalue weighted by atomic mass is 32.2. The molecule has 0 saturated heterocycles. The van der Waals surface area contributed by atoms with E-state index in [0.717, 1.165) is 15.5 Å². The molecule has 148 valence electrons. The van der Waals surface area contributed by atoms with Crippen molar-refractivity contribution in [3.05, 3.63) is 59.9 Å². The molecular weight excluding hydrogens is 392 g/mol. The Bertz CT molecular complexity index is 916. The van der Waals surface area contributed by atoms with Gasteiger partial charge in [-0.05, 0) is 5.56 Å². The zero-order valence-corrected chi connectivity index (χ0v) is 17.8. The second-order valence-electron chi connectivity index (χ2n) is 7.33. The number of nitrogens with two attached hydrogens (primary N) is 1. The smallest absolute Gasteiger partial charge is 0.234 e. The topological polar surface area (TPSA) is 94.0 Å². The van der Waals surface area contributed by atoms with E-state index >= 15 is 0 Å². The molecular formula is C20H24N4O2S2. The number of benzene rings is 1. The van der Waals surface area contributed by atoms with E-state index in [1.165, 1.54) is 11.3 Å². The summed E-state index contributed by atoms with van der Waals surface area (Å²) in [5.41, 5.74) is 6.65. The normalized spacial score (nSPS) is 12.7. The molecule has 0 aliphatic carbocycles. The van der Waals surface area contributed by atoms with Crippen LogP contribution in [0.15, 0.2) is 51.4 Å². The van der Waals surface area contributed by atoms with Crippen LogP contribution in [-0.4, -0.2) is 22.4 Å². The highest BCUT2D eigenvalue weighted by molar-refractivity contribution is 8.00. The zero-order chi connectivity index (χ0) is 20.1. The average molecular weight is 417 g/mol. The molecule has 0 radical (unpaired) electrons. The molecule has 0 bridgehead atoms. The number of thioether (sulfide) groups is 1. The SMILES string of the molecule is CC(C)(C)c1cnc(CSc2cnc(NC(=O)C(CN)c3ccccc3)s2)o1. The van der Waals surface area contributed by atoms with Crippen molar-refractivity contribution in [3.8, 4) is 0 Å². The van der Waals surface area contributed by atoms with Crippen molar-refractivity contribution >= 4 is 34.1 Å². The van der Waals surface area contributed by atoms with Crippen LogP contribution in [0.2, 0.25) is 0 Å². The number of nitrogens with zero attached hydrogens (tertiary/aromatic N) is 2. The van der Waals surface area contributed by atoms with E-state index in [1.807, 2.05) is 30.3 Å². The van der Waals surface area contributed by atoms with Crippen LogP contribution in [0.25, 0.3) is 0 Å². The number of amides is 1. The summed E-state index contributed by atoms with van der Waals surface area (Å²) in [6.07, 6.45) is 3.53. The third kappa shape index (κ3) is 5.21. The van der Waals surface area contributed by atoms with Gasteiger partial charge in [0, 0.05) is 12.0 Å².